The average Bonchev–Trinajstić information content (AvgIpc) is 2.41. The number of phenols is 1. The van der Waals surface area contributed by atoms with E-state index in [2.05, 4.69) is 15.9 Å². The molecule has 1 aromatic rings. The molecule has 0 radical (unpaired) electrons. The summed E-state index contributed by atoms with van der Waals surface area (Å²) in [6.07, 6.45) is 1.23. The molecule has 1 aliphatic heterocycles. The lowest BCUT2D eigenvalue weighted by atomic mass is 9.82. The molecule has 0 spiro atoms. The molecule has 1 amide bonds. The number of carbonyl (C=O) groups is 2. The lowest BCUT2D eigenvalue weighted by Gasteiger charge is -2.37. The number of aliphatic carboxylic acids is 1. The Balaban J connectivity index is 2.20. The maximum atomic E-state index is 12.4. The van der Waals surface area contributed by atoms with Crippen LogP contribution in [0.5, 0.6) is 5.75 Å². The summed E-state index contributed by atoms with van der Waals surface area (Å²) in [6, 6.07) is 4.60. The van der Waals surface area contributed by atoms with Crippen LogP contribution in [0.1, 0.15) is 30.1 Å². The highest BCUT2D eigenvalue weighted by atomic mass is 79.9. The van der Waals surface area contributed by atoms with E-state index < -0.39 is 11.4 Å². The van der Waals surface area contributed by atoms with Crippen molar-refractivity contribution < 1.29 is 19.8 Å². The zero-order valence-corrected chi connectivity index (χ0v) is 12.7. The van der Waals surface area contributed by atoms with Gasteiger partial charge in [-0.2, -0.15) is 0 Å². The van der Waals surface area contributed by atoms with Crippen molar-refractivity contribution in [1.29, 1.82) is 0 Å². The molecule has 1 atom stereocenters. The molecule has 6 heteroatoms. The van der Waals surface area contributed by atoms with Crippen LogP contribution < -0.4 is 0 Å². The molecule has 0 saturated carbocycles. The van der Waals surface area contributed by atoms with Gasteiger partial charge in [0.1, 0.15) is 5.75 Å². The Bertz CT molecular complexity index is 560. The highest BCUT2D eigenvalue weighted by Crippen LogP contribution is 2.31. The van der Waals surface area contributed by atoms with E-state index in [1.54, 1.807) is 24.0 Å². The molecule has 0 bridgehead atoms. The molecule has 5 nitrogen and oxygen atoms in total. The van der Waals surface area contributed by atoms with Gasteiger partial charge in [-0.15, -0.1) is 0 Å². The molecule has 1 aromatic carbocycles. The fourth-order valence-electron chi connectivity index (χ4n) is 2.42. The summed E-state index contributed by atoms with van der Waals surface area (Å²) in [5, 5.41) is 18.9. The van der Waals surface area contributed by atoms with Crippen molar-refractivity contribution in [3.05, 3.63) is 28.2 Å². The second kappa shape index (κ2) is 5.44. The fraction of sp³-hybridized carbons (Fsp3) is 0.429. The van der Waals surface area contributed by atoms with Crippen molar-refractivity contribution in [2.45, 2.75) is 19.8 Å². The van der Waals surface area contributed by atoms with E-state index in [4.69, 9.17) is 0 Å². The van der Waals surface area contributed by atoms with Gasteiger partial charge < -0.3 is 15.1 Å². The first-order valence-corrected chi connectivity index (χ1v) is 7.14. The molecule has 1 saturated heterocycles. The van der Waals surface area contributed by atoms with E-state index >= 15 is 0 Å². The summed E-state index contributed by atoms with van der Waals surface area (Å²) in [6.45, 7) is 2.39. The molecule has 0 aromatic heterocycles. The predicted molar refractivity (Wildman–Crippen MR) is 76.7 cm³/mol. The maximum absolute atomic E-state index is 12.4. The Morgan fingerprint density at radius 3 is 2.70 bits per heavy atom. The predicted octanol–water partition coefficient (Wildman–Crippen LogP) is 2.48. The van der Waals surface area contributed by atoms with Gasteiger partial charge in [0.15, 0.2) is 0 Å². The van der Waals surface area contributed by atoms with E-state index in [1.165, 1.54) is 6.07 Å². The van der Waals surface area contributed by atoms with Crippen molar-refractivity contribution >= 4 is 27.8 Å². The number of phenolic OH excluding ortho intramolecular Hbond substituents is 1. The van der Waals surface area contributed by atoms with Crippen LogP contribution >= 0.6 is 15.9 Å². The second-order valence-electron chi connectivity index (χ2n) is 5.36. The third kappa shape index (κ3) is 2.80. The number of likely N-dealkylation sites (tertiary alicyclic amines) is 1. The van der Waals surface area contributed by atoms with Crippen LogP contribution in [0.4, 0.5) is 0 Å². The van der Waals surface area contributed by atoms with Gasteiger partial charge in [0, 0.05) is 18.7 Å². The third-order valence-corrected chi connectivity index (χ3v) is 4.36. The van der Waals surface area contributed by atoms with Crippen LogP contribution in [0.15, 0.2) is 22.7 Å². The van der Waals surface area contributed by atoms with Gasteiger partial charge in [0.25, 0.3) is 5.91 Å². The Kier molecular flexibility index (Phi) is 4.04. The van der Waals surface area contributed by atoms with Gasteiger partial charge in [-0.1, -0.05) is 0 Å². The number of aromatic hydroxyl groups is 1. The van der Waals surface area contributed by atoms with Crippen molar-refractivity contribution in [3.8, 4) is 5.75 Å². The van der Waals surface area contributed by atoms with Crippen molar-refractivity contribution in [2.24, 2.45) is 5.41 Å². The monoisotopic (exact) mass is 341 g/mol. The molecular weight excluding hydrogens is 326 g/mol. The summed E-state index contributed by atoms with van der Waals surface area (Å²) >= 11 is 3.16. The van der Waals surface area contributed by atoms with Crippen molar-refractivity contribution in [2.75, 3.05) is 13.1 Å². The minimum atomic E-state index is -0.898. The van der Waals surface area contributed by atoms with E-state index in [9.17, 15) is 19.8 Å². The number of amides is 1. The molecule has 108 valence electrons. The molecule has 2 N–H and O–H groups in total. The Labute approximate surface area is 125 Å². The normalized spacial score (nSPS) is 22.6. The molecular formula is C14H16BrNO4. The molecule has 0 aliphatic carbocycles. The highest BCUT2D eigenvalue weighted by Gasteiger charge is 2.39. The number of carboxylic acids is 1. The Hall–Kier alpha value is -1.56. The van der Waals surface area contributed by atoms with Crippen LogP contribution in [0.3, 0.4) is 0 Å². The number of halogens is 1. The largest absolute Gasteiger partial charge is 0.507 e. The van der Waals surface area contributed by atoms with Crippen LogP contribution in [-0.2, 0) is 4.79 Å². The number of piperidine rings is 1. The van der Waals surface area contributed by atoms with Gasteiger partial charge in [-0.3, -0.25) is 9.59 Å². The number of carboxylic acid groups (broad SMARTS) is 1. The zero-order valence-electron chi connectivity index (χ0n) is 11.1. The summed E-state index contributed by atoms with van der Waals surface area (Å²) in [7, 11) is 0. The number of nitrogens with zero attached hydrogens (tertiary/aromatic N) is 1. The third-order valence-electron chi connectivity index (χ3n) is 3.69. The van der Waals surface area contributed by atoms with E-state index in [0.717, 1.165) is 0 Å². The summed E-state index contributed by atoms with van der Waals surface area (Å²) in [4.78, 5) is 25.2. The van der Waals surface area contributed by atoms with Crippen LogP contribution in [0.25, 0.3) is 0 Å². The summed E-state index contributed by atoms with van der Waals surface area (Å²) < 4.78 is 0.517. The first kappa shape index (κ1) is 14.8. The lowest BCUT2D eigenvalue weighted by Crippen LogP contribution is -2.48. The minimum Gasteiger partial charge on any atom is -0.507 e. The van der Waals surface area contributed by atoms with E-state index in [1.807, 2.05) is 0 Å². The van der Waals surface area contributed by atoms with Crippen LogP contribution in [0.2, 0.25) is 0 Å². The molecule has 1 heterocycles. The van der Waals surface area contributed by atoms with Gasteiger partial charge in [-0.25, -0.2) is 0 Å². The van der Waals surface area contributed by atoms with E-state index in [0.29, 0.717) is 29.4 Å². The molecule has 2 rings (SSSR count). The number of rotatable bonds is 2. The van der Waals surface area contributed by atoms with Crippen molar-refractivity contribution in [3.63, 3.8) is 0 Å². The first-order valence-electron chi connectivity index (χ1n) is 6.35. The Morgan fingerprint density at radius 1 is 1.40 bits per heavy atom. The quantitative estimate of drug-likeness (QED) is 0.866. The number of hydrogen-bond donors (Lipinski definition) is 2. The van der Waals surface area contributed by atoms with E-state index in [-0.39, 0.29) is 18.2 Å². The molecule has 20 heavy (non-hydrogen) atoms. The highest BCUT2D eigenvalue weighted by molar-refractivity contribution is 9.10. The standard InChI is InChI=1S/C14H16BrNO4/c1-14(13(19)20)5-2-6-16(8-14)12(18)9-3-4-10(15)11(17)7-9/h3-4,7,17H,2,5-6,8H2,1H3,(H,19,20). The fourth-order valence-corrected chi connectivity index (χ4v) is 2.66. The number of hydrogen-bond acceptors (Lipinski definition) is 3. The molecule has 1 aliphatic rings. The second-order valence-corrected chi connectivity index (χ2v) is 6.22. The first-order chi connectivity index (χ1) is 9.33. The summed E-state index contributed by atoms with van der Waals surface area (Å²) in [5.41, 5.74) is -0.536. The topological polar surface area (TPSA) is 77.8 Å². The van der Waals surface area contributed by atoms with Gasteiger partial charge in [0.05, 0.1) is 9.89 Å². The van der Waals surface area contributed by atoms with Gasteiger partial charge in [-0.05, 0) is 53.9 Å². The molecule has 1 fully saturated rings. The smallest absolute Gasteiger partial charge is 0.311 e. The molecule has 1 unspecified atom stereocenters. The van der Waals surface area contributed by atoms with Crippen molar-refractivity contribution in [1.82, 2.24) is 4.90 Å². The summed E-state index contributed by atoms with van der Waals surface area (Å²) in [5.74, 6) is -1.14. The lowest BCUT2D eigenvalue weighted by molar-refractivity contribution is -0.150. The Morgan fingerprint density at radius 2 is 2.10 bits per heavy atom. The minimum absolute atomic E-state index is 0.00569. The number of benzene rings is 1. The van der Waals surface area contributed by atoms with Gasteiger partial charge >= 0.3 is 5.97 Å². The van der Waals surface area contributed by atoms with Crippen LogP contribution in [-0.4, -0.2) is 40.1 Å². The zero-order chi connectivity index (χ0) is 14.9. The van der Waals surface area contributed by atoms with Gasteiger partial charge in [0.2, 0.25) is 0 Å². The maximum Gasteiger partial charge on any atom is 0.311 e. The SMILES string of the molecule is CC1(C(=O)O)CCCN(C(=O)c2ccc(Br)c(O)c2)C1. The van der Waals surface area contributed by atoms with Crippen LogP contribution in [0, 0.1) is 5.41 Å². The number of carbonyl (C=O) groups excluding carboxylic acids is 1. The average molecular weight is 342 g/mol.